The summed E-state index contributed by atoms with van der Waals surface area (Å²) in [6, 6.07) is 0. The number of hydrogen-bond acceptors (Lipinski definition) is 0. The van der Waals surface area contributed by atoms with Gasteiger partial charge >= 0.3 is 143 Å². The largest absolute Gasteiger partial charge is 0.147 e. The van der Waals surface area contributed by atoms with Gasteiger partial charge in [-0.05, 0) is 0 Å². The maximum absolute atomic E-state index is 2.42. The predicted octanol–water partition coefficient (Wildman–Crippen LogP) is 7.36. The molecule has 0 heterocycles. The zero-order chi connectivity index (χ0) is 15.5. The van der Waals surface area contributed by atoms with Gasteiger partial charge in [0.15, 0.2) is 0 Å². The Hall–Kier alpha value is 0.423. The molecule has 0 saturated carbocycles. The van der Waals surface area contributed by atoms with Crippen LogP contribution in [0.4, 0.5) is 0 Å². The smallest absolute Gasteiger partial charge is 0.147 e. The Morgan fingerprint density at radius 1 is 0.913 bits per heavy atom. The zero-order valence-corrected chi connectivity index (χ0v) is 19.4. The molecule has 2 rings (SSSR count). The molecule has 0 unspecified atom stereocenters. The Morgan fingerprint density at radius 3 is 1.91 bits per heavy atom. The van der Waals surface area contributed by atoms with Crippen molar-refractivity contribution in [2.24, 2.45) is 5.41 Å². The Labute approximate surface area is 167 Å². The molecule has 2 aliphatic carbocycles. The van der Waals surface area contributed by atoms with Crippen LogP contribution in [-0.2, 0) is 23.2 Å². The second-order valence-corrected chi connectivity index (χ2v) is 9.53. The van der Waals surface area contributed by atoms with E-state index in [1.807, 2.05) is 3.28 Å². The van der Waals surface area contributed by atoms with Crippen molar-refractivity contribution in [3.8, 4) is 0 Å². The number of allylic oxidation sites excluding steroid dienone is 8. The summed E-state index contributed by atoms with van der Waals surface area (Å²) in [5.74, 6) is 0. The van der Waals surface area contributed by atoms with Crippen LogP contribution in [0.3, 0.4) is 0 Å². The molecular formula is C20H32Cl2Zr. The topological polar surface area (TPSA) is 0 Å². The van der Waals surface area contributed by atoms with Crippen LogP contribution in [-0.4, -0.2) is 0 Å². The van der Waals surface area contributed by atoms with Crippen molar-refractivity contribution in [3.63, 3.8) is 0 Å². The first-order chi connectivity index (χ1) is 10.2. The van der Waals surface area contributed by atoms with Crippen LogP contribution >= 0.6 is 24.8 Å². The number of halogens is 2. The van der Waals surface area contributed by atoms with Crippen LogP contribution in [0, 0.1) is 5.41 Å². The van der Waals surface area contributed by atoms with Crippen molar-refractivity contribution >= 4 is 24.8 Å². The van der Waals surface area contributed by atoms with Crippen LogP contribution in [0.5, 0.6) is 0 Å². The van der Waals surface area contributed by atoms with Crippen molar-refractivity contribution in [2.75, 3.05) is 0 Å². The summed E-state index contributed by atoms with van der Waals surface area (Å²) in [7, 11) is 0. The van der Waals surface area contributed by atoms with E-state index in [-0.39, 0.29) is 24.8 Å². The van der Waals surface area contributed by atoms with Crippen molar-refractivity contribution in [2.45, 2.75) is 73.1 Å². The average Bonchev–Trinajstić information content (AvgIpc) is 3.11. The van der Waals surface area contributed by atoms with Gasteiger partial charge in [-0.25, -0.2) is 0 Å². The van der Waals surface area contributed by atoms with Gasteiger partial charge in [-0.3, -0.25) is 0 Å². The molecule has 0 saturated heterocycles. The van der Waals surface area contributed by atoms with E-state index in [4.69, 9.17) is 0 Å². The Balaban J connectivity index is 0.00000242. The Bertz CT molecular complexity index is 520. The van der Waals surface area contributed by atoms with E-state index in [1.54, 1.807) is 20.0 Å². The third-order valence-corrected chi connectivity index (χ3v) is 9.64. The maximum Gasteiger partial charge on any atom is -0.147 e. The summed E-state index contributed by atoms with van der Waals surface area (Å²) in [4.78, 5) is 0. The predicted molar refractivity (Wildman–Crippen MR) is 104 cm³/mol. The fourth-order valence-corrected chi connectivity index (χ4v) is 9.13. The number of hydrogen-bond donors (Lipinski definition) is 0. The van der Waals surface area contributed by atoms with E-state index in [1.165, 1.54) is 38.5 Å². The van der Waals surface area contributed by atoms with E-state index >= 15 is 0 Å². The first-order valence-corrected chi connectivity index (χ1v) is 11.2. The third-order valence-electron chi connectivity index (χ3n) is 5.41. The molecule has 0 spiro atoms. The molecule has 0 atom stereocenters. The minimum Gasteiger partial charge on any atom is -0.147 e. The van der Waals surface area contributed by atoms with Gasteiger partial charge in [0.2, 0.25) is 0 Å². The molecule has 0 aromatic rings. The van der Waals surface area contributed by atoms with Gasteiger partial charge in [0.1, 0.15) is 0 Å². The van der Waals surface area contributed by atoms with E-state index in [0.29, 0.717) is 5.41 Å². The Morgan fingerprint density at radius 2 is 1.52 bits per heavy atom. The third kappa shape index (κ3) is 4.16. The van der Waals surface area contributed by atoms with Gasteiger partial charge in [0.25, 0.3) is 0 Å². The quantitative estimate of drug-likeness (QED) is 0.393. The molecular weight excluding hydrogens is 402 g/mol. The van der Waals surface area contributed by atoms with E-state index in [9.17, 15) is 0 Å². The van der Waals surface area contributed by atoms with Crippen LogP contribution in [0.2, 0.25) is 0 Å². The first kappa shape index (κ1) is 23.4. The van der Waals surface area contributed by atoms with E-state index < -0.39 is 23.2 Å². The van der Waals surface area contributed by atoms with Crippen LogP contribution in [0.25, 0.3) is 0 Å². The summed E-state index contributed by atoms with van der Waals surface area (Å²) < 4.78 is 3.71. The molecule has 0 bridgehead atoms. The molecule has 2 aliphatic rings. The molecule has 130 valence electrons. The van der Waals surface area contributed by atoms with Gasteiger partial charge in [0, 0.05) is 0 Å². The monoisotopic (exact) mass is 432 g/mol. The molecule has 0 aliphatic heterocycles. The van der Waals surface area contributed by atoms with Crippen LogP contribution < -0.4 is 0 Å². The first-order valence-electron chi connectivity index (χ1n) is 8.77. The van der Waals surface area contributed by atoms with Gasteiger partial charge in [-0.2, -0.15) is 0 Å². The van der Waals surface area contributed by atoms with Gasteiger partial charge in [0.05, 0.1) is 0 Å². The molecule has 0 amide bonds. The van der Waals surface area contributed by atoms with Crippen LogP contribution in [0.15, 0.2) is 41.5 Å². The van der Waals surface area contributed by atoms with Crippen molar-refractivity contribution in [1.29, 1.82) is 0 Å². The minimum absolute atomic E-state index is 0. The van der Waals surface area contributed by atoms with Gasteiger partial charge < -0.3 is 0 Å². The maximum atomic E-state index is 2.42. The molecule has 0 aromatic carbocycles. The van der Waals surface area contributed by atoms with E-state index in [2.05, 4.69) is 52.8 Å². The summed E-state index contributed by atoms with van der Waals surface area (Å²) in [5.41, 5.74) is 5.75. The van der Waals surface area contributed by atoms with Gasteiger partial charge in [-0.1, -0.05) is 0 Å². The molecule has 23 heavy (non-hydrogen) atoms. The molecule has 3 heteroatoms. The molecule has 0 nitrogen and oxygen atoms in total. The van der Waals surface area contributed by atoms with E-state index in [0.717, 1.165) is 0 Å². The number of rotatable bonds is 7. The molecule has 0 radical (unpaired) electrons. The summed E-state index contributed by atoms with van der Waals surface area (Å²) >= 11 is -0.594. The average molecular weight is 435 g/mol. The second kappa shape index (κ2) is 10.4. The fourth-order valence-electron chi connectivity index (χ4n) is 4.36. The van der Waals surface area contributed by atoms with Crippen LogP contribution in [0.1, 0.15) is 73.1 Å². The molecule has 0 aromatic heterocycles. The SMILES string of the molecule is CCC1=C(CC)C(CC)(CC)[C]([Zr][C]2=CC=CC2)=C1CC.Cl.Cl. The fraction of sp³-hybridized carbons (Fsp3) is 0.600. The van der Waals surface area contributed by atoms with Gasteiger partial charge in [-0.15, -0.1) is 24.8 Å². The van der Waals surface area contributed by atoms with Crippen molar-refractivity contribution < 1.29 is 23.2 Å². The normalized spacial score (nSPS) is 18.7. The molecule has 0 fully saturated rings. The summed E-state index contributed by atoms with van der Waals surface area (Å²) in [6.07, 6.45) is 14.6. The second-order valence-electron chi connectivity index (χ2n) is 6.11. The van der Waals surface area contributed by atoms with Crippen molar-refractivity contribution in [1.82, 2.24) is 0 Å². The zero-order valence-electron chi connectivity index (χ0n) is 15.3. The molecule has 0 N–H and O–H groups in total. The summed E-state index contributed by atoms with van der Waals surface area (Å²) in [5, 5.41) is 0. The standard InChI is InChI=1S/C15H25.C5H5.2ClH.Zr/c1-6-12-11-15(9-4,10-5)14(8-3)13(12)7-2;1-2-4-5-3-1;;;/h6-10H2,1-5H3;1-3H,4H2;2*1H;. The minimum atomic E-state index is -0.594. The van der Waals surface area contributed by atoms with Crippen molar-refractivity contribution in [3.05, 3.63) is 41.5 Å². The summed E-state index contributed by atoms with van der Waals surface area (Å²) in [6.45, 7) is 12.0. The Kier molecular flexibility index (Phi) is 10.6.